The van der Waals surface area contributed by atoms with Gasteiger partial charge in [-0.2, -0.15) is 0 Å². The predicted molar refractivity (Wildman–Crippen MR) is 109 cm³/mol. The van der Waals surface area contributed by atoms with E-state index in [2.05, 4.69) is 20.6 Å². The Labute approximate surface area is 165 Å². The summed E-state index contributed by atoms with van der Waals surface area (Å²) in [5, 5.41) is 6.40. The number of aromatic nitrogens is 1. The van der Waals surface area contributed by atoms with Crippen LogP contribution >= 0.6 is 24.0 Å². The fraction of sp³-hybridized carbons (Fsp3) is 0.333. The summed E-state index contributed by atoms with van der Waals surface area (Å²) in [6.45, 7) is 3.87. The molecule has 2 rings (SSSR count). The SMILES string of the molecule is CCNC(=NCc1ccnc(OC)c1)NCCc1ccccc1F.I. The van der Waals surface area contributed by atoms with Crippen LogP contribution in [0.5, 0.6) is 5.88 Å². The Kier molecular flexibility index (Phi) is 9.83. The summed E-state index contributed by atoms with van der Waals surface area (Å²) in [4.78, 5) is 8.61. The summed E-state index contributed by atoms with van der Waals surface area (Å²) in [5.41, 5.74) is 1.70. The van der Waals surface area contributed by atoms with E-state index in [9.17, 15) is 4.39 Å². The maximum atomic E-state index is 13.6. The van der Waals surface area contributed by atoms with E-state index in [1.165, 1.54) is 6.07 Å². The lowest BCUT2D eigenvalue weighted by Gasteiger charge is -2.11. The number of nitrogens with one attached hydrogen (secondary N) is 2. The molecule has 0 unspecified atom stereocenters. The van der Waals surface area contributed by atoms with E-state index in [-0.39, 0.29) is 29.8 Å². The van der Waals surface area contributed by atoms with Gasteiger partial charge in [0.2, 0.25) is 5.88 Å². The Bertz CT molecular complexity index is 682. The fourth-order valence-electron chi connectivity index (χ4n) is 2.19. The van der Waals surface area contributed by atoms with Crippen LogP contribution in [0.25, 0.3) is 0 Å². The summed E-state index contributed by atoms with van der Waals surface area (Å²) in [7, 11) is 1.59. The van der Waals surface area contributed by atoms with Crippen molar-refractivity contribution in [2.24, 2.45) is 4.99 Å². The summed E-state index contributed by atoms with van der Waals surface area (Å²) in [6.07, 6.45) is 2.29. The third kappa shape index (κ3) is 7.25. The van der Waals surface area contributed by atoms with Crippen LogP contribution in [0, 0.1) is 5.82 Å². The number of hydrogen-bond donors (Lipinski definition) is 2. The molecule has 0 spiro atoms. The first-order chi connectivity index (χ1) is 11.7. The number of benzene rings is 1. The Balaban J connectivity index is 0.00000312. The second kappa shape index (κ2) is 11.6. The van der Waals surface area contributed by atoms with Crippen LogP contribution in [0.3, 0.4) is 0 Å². The van der Waals surface area contributed by atoms with Crippen LogP contribution in [-0.2, 0) is 13.0 Å². The van der Waals surface area contributed by atoms with Gasteiger partial charge in [-0.25, -0.2) is 14.4 Å². The molecule has 136 valence electrons. The molecule has 5 nitrogen and oxygen atoms in total. The van der Waals surface area contributed by atoms with Crippen molar-refractivity contribution in [2.45, 2.75) is 19.9 Å². The van der Waals surface area contributed by atoms with E-state index in [4.69, 9.17) is 4.74 Å². The van der Waals surface area contributed by atoms with Crippen molar-refractivity contribution in [3.05, 3.63) is 59.5 Å². The van der Waals surface area contributed by atoms with Gasteiger partial charge in [0.25, 0.3) is 0 Å². The maximum absolute atomic E-state index is 13.6. The van der Waals surface area contributed by atoms with E-state index < -0.39 is 0 Å². The third-order valence-electron chi connectivity index (χ3n) is 3.42. The summed E-state index contributed by atoms with van der Waals surface area (Å²) < 4.78 is 18.7. The Morgan fingerprint density at radius 3 is 2.76 bits per heavy atom. The number of halogens is 2. The summed E-state index contributed by atoms with van der Waals surface area (Å²) in [6, 6.07) is 10.6. The van der Waals surface area contributed by atoms with E-state index in [0.717, 1.165) is 12.1 Å². The van der Waals surface area contributed by atoms with Crippen LogP contribution in [0.2, 0.25) is 0 Å². The van der Waals surface area contributed by atoms with E-state index in [0.29, 0.717) is 36.9 Å². The molecule has 1 aromatic carbocycles. The van der Waals surface area contributed by atoms with E-state index >= 15 is 0 Å². The van der Waals surface area contributed by atoms with Crippen LogP contribution in [0.4, 0.5) is 4.39 Å². The van der Waals surface area contributed by atoms with Crippen molar-refractivity contribution in [3.63, 3.8) is 0 Å². The highest BCUT2D eigenvalue weighted by atomic mass is 127. The van der Waals surface area contributed by atoms with Gasteiger partial charge < -0.3 is 15.4 Å². The van der Waals surface area contributed by atoms with E-state index in [1.807, 2.05) is 25.1 Å². The van der Waals surface area contributed by atoms with Gasteiger partial charge in [0.05, 0.1) is 13.7 Å². The Hall–Kier alpha value is -1.90. The third-order valence-corrected chi connectivity index (χ3v) is 3.42. The molecule has 0 amide bonds. The van der Waals surface area contributed by atoms with Gasteiger partial charge in [0.15, 0.2) is 5.96 Å². The van der Waals surface area contributed by atoms with Crippen molar-refractivity contribution in [1.82, 2.24) is 15.6 Å². The number of hydrogen-bond acceptors (Lipinski definition) is 3. The molecule has 7 heteroatoms. The molecule has 0 aliphatic rings. The number of rotatable bonds is 7. The smallest absolute Gasteiger partial charge is 0.213 e. The number of ether oxygens (including phenoxy) is 1. The fourth-order valence-corrected chi connectivity index (χ4v) is 2.19. The van der Waals surface area contributed by atoms with Gasteiger partial charge in [-0.3, -0.25) is 0 Å². The molecule has 1 aromatic heterocycles. The second-order valence-corrected chi connectivity index (χ2v) is 5.17. The number of guanidine groups is 1. The molecular formula is C18H24FIN4O. The van der Waals surface area contributed by atoms with Gasteiger partial charge in [0, 0.05) is 25.4 Å². The lowest BCUT2D eigenvalue weighted by atomic mass is 10.1. The topological polar surface area (TPSA) is 58.5 Å². The number of pyridine rings is 1. The molecule has 2 N–H and O–H groups in total. The number of methoxy groups -OCH3 is 1. The van der Waals surface area contributed by atoms with Crippen LogP contribution in [-0.4, -0.2) is 31.1 Å². The maximum Gasteiger partial charge on any atom is 0.213 e. The Morgan fingerprint density at radius 2 is 2.04 bits per heavy atom. The highest BCUT2D eigenvalue weighted by Crippen LogP contribution is 2.09. The van der Waals surface area contributed by atoms with Crippen molar-refractivity contribution >= 4 is 29.9 Å². The monoisotopic (exact) mass is 458 g/mol. The lowest BCUT2D eigenvalue weighted by molar-refractivity contribution is 0.397. The molecule has 0 saturated heterocycles. The minimum Gasteiger partial charge on any atom is -0.481 e. The first kappa shape index (κ1) is 21.1. The van der Waals surface area contributed by atoms with Gasteiger partial charge in [-0.05, 0) is 36.6 Å². The summed E-state index contributed by atoms with van der Waals surface area (Å²) >= 11 is 0. The number of nitrogens with zero attached hydrogens (tertiary/aromatic N) is 2. The highest BCUT2D eigenvalue weighted by Gasteiger charge is 2.02. The average molecular weight is 458 g/mol. The Morgan fingerprint density at radius 1 is 1.24 bits per heavy atom. The quantitative estimate of drug-likeness (QED) is 0.381. The first-order valence-corrected chi connectivity index (χ1v) is 7.97. The molecule has 1 heterocycles. The molecule has 0 fully saturated rings. The molecule has 0 radical (unpaired) electrons. The van der Waals surface area contributed by atoms with Crippen molar-refractivity contribution in [1.29, 1.82) is 0 Å². The zero-order chi connectivity index (χ0) is 17.2. The van der Waals surface area contributed by atoms with Crippen LogP contribution < -0.4 is 15.4 Å². The highest BCUT2D eigenvalue weighted by molar-refractivity contribution is 14.0. The second-order valence-electron chi connectivity index (χ2n) is 5.17. The zero-order valence-corrected chi connectivity index (χ0v) is 16.8. The number of aliphatic imine (C=N–C) groups is 1. The largest absolute Gasteiger partial charge is 0.481 e. The van der Waals surface area contributed by atoms with E-state index in [1.54, 1.807) is 25.4 Å². The first-order valence-electron chi connectivity index (χ1n) is 7.97. The van der Waals surface area contributed by atoms with Crippen LogP contribution in [0.15, 0.2) is 47.6 Å². The zero-order valence-electron chi connectivity index (χ0n) is 14.5. The molecule has 25 heavy (non-hydrogen) atoms. The minimum absolute atomic E-state index is 0. The molecule has 0 aliphatic carbocycles. The predicted octanol–water partition coefficient (Wildman–Crippen LogP) is 3.15. The van der Waals surface area contributed by atoms with Crippen molar-refractivity contribution < 1.29 is 9.13 Å². The lowest BCUT2D eigenvalue weighted by Crippen LogP contribution is -2.38. The standard InChI is InChI=1S/C18H23FN4O.HI/c1-3-20-18(22-11-9-15-6-4-5-7-16(15)19)23-13-14-8-10-21-17(12-14)24-2;/h4-8,10,12H,3,9,11,13H2,1-2H3,(H2,20,22,23);1H. The van der Waals surface area contributed by atoms with Crippen molar-refractivity contribution in [2.75, 3.05) is 20.2 Å². The minimum atomic E-state index is -0.176. The molecule has 0 atom stereocenters. The normalized spacial score (nSPS) is 10.8. The van der Waals surface area contributed by atoms with Gasteiger partial charge >= 0.3 is 0 Å². The average Bonchev–Trinajstić information content (AvgIpc) is 2.61. The van der Waals surface area contributed by atoms with Gasteiger partial charge in [0.1, 0.15) is 5.82 Å². The van der Waals surface area contributed by atoms with Crippen LogP contribution in [0.1, 0.15) is 18.1 Å². The van der Waals surface area contributed by atoms with Crippen molar-refractivity contribution in [3.8, 4) is 5.88 Å². The van der Waals surface area contributed by atoms with Gasteiger partial charge in [-0.1, -0.05) is 18.2 Å². The van der Waals surface area contributed by atoms with Gasteiger partial charge in [-0.15, -0.1) is 24.0 Å². The molecular weight excluding hydrogens is 434 g/mol. The molecule has 0 saturated carbocycles. The molecule has 0 bridgehead atoms. The molecule has 2 aromatic rings. The summed E-state index contributed by atoms with van der Waals surface area (Å²) in [5.74, 6) is 1.09. The molecule has 0 aliphatic heterocycles.